The van der Waals surface area contributed by atoms with Crippen molar-refractivity contribution in [3.8, 4) is 5.75 Å². The lowest BCUT2D eigenvalue weighted by Crippen LogP contribution is -2.31. The van der Waals surface area contributed by atoms with Gasteiger partial charge in [0.15, 0.2) is 5.78 Å². The van der Waals surface area contributed by atoms with Crippen LogP contribution in [-0.2, 0) is 16.7 Å². The van der Waals surface area contributed by atoms with Crippen molar-refractivity contribution >= 4 is 16.1 Å². The molecular weight excluding hydrogens is 350 g/mol. The maximum atomic E-state index is 12.5. The molecule has 0 spiro atoms. The van der Waals surface area contributed by atoms with Gasteiger partial charge in [-0.3, -0.25) is 4.79 Å². The Morgan fingerprint density at radius 1 is 1.12 bits per heavy atom. The van der Waals surface area contributed by atoms with E-state index in [0.717, 1.165) is 11.1 Å². The third-order valence-corrected chi connectivity index (χ3v) is 6.02. The average Bonchev–Trinajstić information content (AvgIpc) is 2.62. The SMILES string of the molecule is CCCN(C)S(=O)(=O)Oc1ccc2c(c1)C[C@@H](c1ccccc1)CC2=O. The fourth-order valence-electron chi connectivity index (χ4n) is 3.31. The molecule has 0 saturated heterocycles. The summed E-state index contributed by atoms with van der Waals surface area (Å²) in [4.78, 5) is 12.5. The Balaban J connectivity index is 1.85. The molecule has 6 heteroatoms. The minimum absolute atomic E-state index is 0.0811. The standard InChI is InChI=1S/C20H23NO4S/c1-3-11-21(2)26(23,24)25-18-9-10-19-17(13-18)12-16(14-20(19)22)15-7-5-4-6-8-15/h4-10,13,16H,3,11-12,14H2,1-2H3/t16-/m1/s1. The number of carbonyl (C=O) groups excluding carboxylic acids is 1. The number of hydrogen-bond donors (Lipinski definition) is 0. The van der Waals surface area contributed by atoms with Crippen LogP contribution in [0.1, 0.15) is 47.2 Å². The highest BCUT2D eigenvalue weighted by atomic mass is 32.2. The van der Waals surface area contributed by atoms with E-state index in [4.69, 9.17) is 4.18 Å². The van der Waals surface area contributed by atoms with Crippen molar-refractivity contribution in [1.29, 1.82) is 0 Å². The number of carbonyl (C=O) groups is 1. The first-order chi connectivity index (χ1) is 12.4. The van der Waals surface area contributed by atoms with Gasteiger partial charge in [-0.15, -0.1) is 0 Å². The van der Waals surface area contributed by atoms with Crippen molar-refractivity contribution in [2.24, 2.45) is 0 Å². The van der Waals surface area contributed by atoms with Gasteiger partial charge in [0.1, 0.15) is 5.75 Å². The molecule has 1 atom stereocenters. The Hall–Kier alpha value is -2.18. The minimum Gasteiger partial charge on any atom is -0.371 e. The van der Waals surface area contributed by atoms with E-state index in [0.29, 0.717) is 31.4 Å². The summed E-state index contributed by atoms with van der Waals surface area (Å²) >= 11 is 0. The van der Waals surface area contributed by atoms with Gasteiger partial charge in [0.25, 0.3) is 0 Å². The molecule has 5 nitrogen and oxygen atoms in total. The lowest BCUT2D eigenvalue weighted by atomic mass is 9.79. The number of ketones is 1. The summed E-state index contributed by atoms with van der Waals surface area (Å²) in [6.45, 7) is 2.29. The monoisotopic (exact) mass is 373 g/mol. The zero-order valence-corrected chi connectivity index (χ0v) is 15.8. The third-order valence-electron chi connectivity index (χ3n) is 4.67. The number of nitrogens with zero attached hydrogens (tertiary/aromatic N) is 1. The first kappa shape index (κ1) is 18.6. The van der Waals surface area contributed by atoms with Crippen LogP contribution in [0.15, 0.2) is 48.5 Å². The van der Waals surface area contributed by atoms with Gasteiger partial charge in [-0.2, -0.15) is 12.7 Å². The van der Waals surface area contributed by atoms with Crippen molar-refractivity contribution in [2.75, 3.05) is 13.6 Å². The van der Waals surface area contributed by atoms with E-state index in [-0.39, 0.29) is 17.5 Å². The average molecular weight is 373 g/mol. The van der Waals surface area contributed by atoms with Gasteiger partial charge in [0, 0.05) is 25.6 Å². The van der Waals surface area contributed by atoms with Crippen molar-refractivity contribution in [2.45, 2.75) is 32.1 Å². The van der Waals surface area contributed by atoms with Crippen LogP contribution in [0.3, 0.4) is 0 Å². The number of Topliss-reactive ketones (excluding diaryl/α,β-unsaturated/α-hetero) is 1. The molecule has 138 valence electrons. The second-order valence-corrected chi connectivity index (χ2v) is 8.27. The number of benzene rings is 2. The zero-order valence-electron chi connectivity index (χ0n) is 15.0. The van der Waals surface area contributed by atoms with Crippen LogP contribution in [0.4, 0.5) is 0 Å². The molecule has 0 bridgehead atoms. The highest BCUT2D eigenvalue weighted by Gasteiger charge is 2.27. The lowest BCUT2D eigenvalue weighted by molar-refractivity contribution is 0.0964. The fraction of sp³-hybridized carbons (Fsp3) is 0.350. The Kier molecular flexibility index (Phi) is 5.44. The van der Waals surface area contributed by atoms with Crippen LogP contribution in [-0.4, -0.2) is 32.1 Å². The van der Waals surface area contributed by atoms with Crippen LogP contribution in [0.2, 0.25) is 0 Å². The molecule has 2 aromatic rings. The first-order valence-corrected chi connectivity index (χ1v) is 10.1. The third kappa shape index (κ3) is 3.97. The van der Waals surface area contributed by atoms with Gasteiger partial charge in [-0.25, -0.2) is 0 Å². The van der Waals surface area contributed by atoms with Crippen LogP contribution in [0.5, 0.6) is 5.75 Å². The molecule has 0 aliphatic heterocycles. The highest BCUT2D eigenvalue weighted by molar-refractivity contribution is 7.84. The predicted molar refractivity (Wildman–Crippen MR) is 101 cm³/mol. The molecule has 1 aliphatic carbocycles. The highest BCUT2D eigenvalue weighted by Crippen LogP contribution is 2.34. The van der Waals surface area contributed by atoms with Crippen LogP contribution >= 0.6 is 0 Å². The van der Waals surface area contributed by atoms with Gasteiger partial charge >= 0.3 is 10.3 Å². The van der Waals surface area contributed by atoms with Crippen molar-refractivity contribution in [3.63, 3.8) is 0 Å². The quantitative estimate of drug-likeness (QED) is 0.777. The van der Waals surface area contributed by atoms with Crippen LogP contribution in [0.25, 0.3) is 0 Å². The zero-order chi connectivity index (χ0) is 18.7. The van der Waals surface area contributed by atoms with Gasteiger partial charge in [0.2, 0.25) is 0 Å². The van der Waals surface area contributed by atoms with Gasteiger partial charge in [-0.05, 0) is 48.1 Å². The number of hydrogen-bond acceptors (Lipinski definition) is 4. The molecule has 0 fully saturated rings. The molecule has 2 aromatic carbocycles. The van der Waals surface area contributed by atoms with Crippen LogP contribution < -0.4 is 4.18 Å². The largest absolute Gasteiger partial charge is 0.384 e. The summed E-state index contributed by atoms with van der Waals surface area (Å²) < 4.78 is 30.9. The molecule has 0 aromatic heterocycles. The minimum atomic E-state index is -3.83. The maximum absolute atomic E-state index is 12.5. The molecule has 1 aliphatic rings. The topological polar surface area (TPSA) is 63.7 Å². The van der Waals surface area contributed by atoms with E-state index in [2.05, 4.69) is 0 Å². The molecule has 3 rings (SSSR count). The summed E-state index contributed by atoms with van der Waals surface area (Å²) in [5.41, 5.74) is 2.61. The molecule has 0 amide bonds. The van der Waals surface area contributed by atoms with Crippen molar-refractivity contribution in [1.82, 2.24) is 4.31 Å². The summed E-state index contributed by atoms with van der Waals surface area (Å²) in [6, 6.07) is 14.8. The molecule has 0 unspecified atom stereocenters. The van der Waals surface area contributed by atoms with Gasteiger partial charge < -0.3 is 4.18 Å². The van der Waals surface area contributed by atoms with E-state index in [1.807, 2.05) is 37.3 Å². The second-order valence-electron chi connectivity index (χ2n) is 6.62. The second kappa shape index (κ2) is 7.60. The van der Waals surface area contributed by atoms with E-state index in [1.165, 1.54) is 11.4 Å². The molecule has 0 saturated carbocycles. The van der Waals surface area contributed by atoms with Gasteiger partial charge in [-0.1, -0.05) is 37.3 Å². The normalized spacial score (nSPS) is 17.2. The lowest BCUT2D eigenvalue weighted by Gasteiger charge is -2.24. The molecule has 26 heavy (non-hydrogen) atoms. The number of rotatable bonds is 6. The Morgan fingerprint density at radius 3 is 2.54 bits per heavy atom. The Bertz CT molecular complexity index is 893. The first-order valence-electron chi connectivity index (χ1n) is 8.77. The fourth-order valence-corrected chi connectivity index (χ4v) is 4.19. The maximum Gasteiger partial charge on any atom is 0.384 e. The summed E-state index contributed by atoms with van der Waals surface area (Å²) in [7, 11) is -2.34. The number of fused-ring (bicyclic) bond motifs is 1. The van der Waals surface area contributed by atoms with Crippen molar-refractivity contribution < 1.29 is 17.4 Å². The van der Waals surface area contributed by atoms with E-state index in [1.54, 1.807) is 18.2 Å². The molecule has 0 heterocycles. The summed E-state index contributed by atoms with van der Waals surface area (Å²) in [5.74, 6) is 0.427. The summed E-state index contributed by atoms with van der Waals surface area (Å²) in [6.07, 6.45) is 1.86. The van der Waals surface area contributed by atoms with E-state index >= 15 is 0 Å². The smallest absolute Gasteiger partial charge is 0.371 e. The molecule has 0 radical (unpaired) electrons. The van der Waals surface area contributed by atoms with E-state index < -0.39 is 10.3 Å². The Morgan fingerprint density at radius 2 is 1.85 bits per heavy atom. The summed E-state index contributed by atoms with van der Waals surface area (Å²) in [5, 5.41) is 0. The van der Waals surface area contributed by atoms with Crippen LogP contribution in [0, 0.1) is 0 Å². The predicted octanol–water partition coefficient (Wildman–Crippen LogP) is 3.56. The Labute approximate surface area is 154 Å². The van der Waals surface area contributed by atoms with Gasteiger partial charge in [0.05, 0.1) is 0 Å². The molecule has 0 N–H and O–H groups in total. The van der Waals surface area contributed by atoms with Crippen molar-refractivity contribution in [3.05, 3.63) is 65.2 Å². The van der Waals surface area contributed by atoms with E-state index in [9.17, 15) is 13.2 Å². The molecular formula is C20H23NO4S.